The second kappa shape index (κ2) is 6.41. The molecule has 1 aromatic rings. The first-order valence-corrected chi connectivity index (χ1v) is 6.62. The largest absolute Gasteiger partial charge is 0.482 e. The monoisotopic (exact) mass is 266 g/mol. The lowest BCUT2D eigenvalue weighted by atomic mass is 9.95. The number of ether oxygens (including phenoxy) is 1. The van der Waals surface area contributed by atoms with E-state index in [-0.39, 0.29) is 24.2 Å². The fraction of sp³-hybridized carbons (Fsp3) is 0.500. The lowest BCUT2D eigenvalue weighted by molar-refractivity contribution is -0.124. The Morgan fingerprint density at radius 2 is 2.11 bits per heavy atom. The molecule has 0 aliphatic heterocycles. The molecule has 0 saturated heterocycles. The Morgan fingerprint density at radius 1 is 1.37 bits per heavy atom. The molecule has 1 aromatic carbocycles. The van der Waals surface area contributed by atoms with Gasteiger partial charge in [0.25, 0.3) is 5.91 Å². The van der Waals surface area contributed by atoms with Crippen molar-refractivity contribution in [2.75, 3.05) is 12.3 Å². The minimum atomic E-state index is -0.420. The Balaban J connectivity index is 1.79. The maximum absolute atomic E-state index is 12.8. The van der Waals surface area contributed by atoms with Gasteiger partial charge in [-0.05, 0) is 25.0 Å². The number of nitrogens with two attached hydrogens (primary N) is 1. The molecule has 0 bridgehead atoms. The van der Waals surface area contributed by atoms with Crippen LogP contribution in [0.2, 0.25) is 0 Å². The van der Waals surface area contributed by atoms with Crippen molar-refractivity contribution in [1.82, 2.24) is 5.32 Å². The Morgan fingerprint density at radius 3 is 2.79 bits per heavy atom. The SMILES string of the molecule is Nc1cc(F)ccc1OCC(=O)NC1CCCCC1. The van der Waals surface area contributed by atoms with Crippen LogP contribution in [0.25, 0.3) is 0 Å². The summed E-state index contributed by atoms with van der Waals surface area (Å²) in [5.74, 6) is -0.243. The standard InChI is InChI=1S/C14H19FN2O2/c15-10-6-7-13(12(16)8-10)19-9-14(18)17-11-4-2-1-3-5-11/h6-8,11H,1-5,9,16H2,(H,17,18). The number of halogens is 1. The molecular formula is C14H19FN2O2. The van der Waals surface area contributed by atoms with Gasteiger partial charge in [-0.1, -0.05) is 19.3 Å². The molecule has 0 atom stereocenters. The van der Waals surface area contributed by atoms with Crippen LogP contribution in [0.1, 0.15) is 32.1 Å². The summed E-state index contributed by atoms with van der Waals surface area (Å²) in [6.45, 7) is -0.0909. The first-order chi connectivity index (χ1) is 9.15. The molecule has 1 fully saturated rings. The van der Waals surface area contributed by atoms with Crippen molar-refractivity contribution in [1.29, 1.82) is 0 Å². The number of rotatable bonds is 4. The highest BCUT2D eigenvalue weighted by Crippen LogP contribution is 2.21. The Hall–Kier alpha value is -1.78. The van der Waals surface area contributed by atoms with Gasteiger partial charge >= 0.3 is 0 Å². The van der Waals surface area contributed by atoms with Crippen molar-refractivity contribution in [3.05, 3.63) is 24.0 Å². The first-order valence-electron chi connectivity index (χ1n) is 6.62. The van der Waals surface area contributed by atoms with Crippen LogP contribution in [0.3, 0.4) is 0 Å². The summed E-state index contributed by atoms with van der Waals surface area (Å²) < 4.78 is 18.1. The lowest BCUT2D eigenvalue weighted by Crippen LogP contribution is -2.39. The molecule has 1 aliphatic rings. The van der Waals surface area contributed by atoms with E-state index in [0.717, 1.165) is 25.7 Å². The van der Waals surface area contributed by atoms with Crippen molar-refractivity contribution in [3.63, 3.8) is 0 Å². The number of hydrogen-bond donors (Lipinski definition) is 2. The average molecular weight is 266 g/mol. The molecule has 1 amide bonds. The summed E-state index contributed by atoms with van der Waals surface area (Å²) in [5, 5.41) is 2.94. The second-order valence-corrected chi connectivity index (χ2v) is 4.87. The Kier molecular flexibility index (Phi) is 4.60. The zero-order valence-corrected chi connectivity index (χ0v) is 10.8. The van der Waals surface area contributed by atoms with E-state index in [0.29, 0.717) is 5.75 Å². The number of carbonyl (C=O) groups is 1. The Bertz CT molecular complexity index is 445. The third-order valence-corrected chi connectivity index (χ3v) is 3.30. The quantitative estimate of drug-likeness (QED) is 0.821. The molecule has 1 aliphatic carbocycles. The molecule has 104 valence electrons. The number of nitrogen functional groups attached to an aromatic ring is 1. The van der Waals surface area contributed by atoms with Crippen molar-refractivity contribution >= 4 is 11.6 Å². The van der Waals surface area contributed by atoms with Gasteiger partial charge in [0.15, 0.2) is 6.61 Å². The zero-order valence-electron chi connectivity index (χ0n) is 10.8. The van der Waals surface area contributed by atoms with Crippen LogP contribution in [-0.4, -0.2) is 18.6 Å². The summed E-state index contributed by atoms with van der Waals surface area (Å²) in [6.07, 6.45) is 5.64. The summed E-state index contributed by atoms with van der Waals surface area (Å²) >= 11 is 0. The normalized spacial score (nSPS) is 16.1. The van der Waals surface area contributed by atoms with Crippen LogP contribution in [0, 0.1) is 5.82 Å². The topological polar surface area (TPSA) is 64.3 Å². The molecule has 3 N–H and O–H groups in total. The summed E-state index contributed by atoms with van der Waals surface area (Å²) in [7, 11) is 0. The Labute approximate surface area is 112 Å². The van der Waals surface area contributed by atoms with Gasteiger partial charge in [-0.3, -0.25) is 4.79 Å². The van der Waals surface area contributed by atoms with Crippen molar-refractivity contribution in [2.24, 2.45) is 0 Å². The highest BCUT2D eigenvalue weighted by molar-refractivity contribution is 5.78. The molecule has 0 heterocycles. The summed E-state index contributed by atoms with van der Waals surface area (Å²) in [6, 6.07) is 4.12. The van der Waals surface area contributed by atoms with Crippen molar-refractivity contribution in [3.8, 4) is 5.75 Å². The third-order valence-electron chi connectivity index (χ3n) is 3.30. The summed E-state index contributed by atoms with van der Waals surface area (Å²) in [4.78, 5) is 11.7. The number of carbonyl (C=O) groups excluding carboxylic acids is 1. The van der Waals surface area contributed by atoms with E-state index in [1.165, 1.54) is 24.6 Å². The van der Waals surface area contributed by atoms with E-state index in [1.807, 2.05) is 0 Å². The van der Waals surface area contributed by atoms with Crippen LogP contribution in [-0.2, 0) is 4.79 Å². The van der Waals surface area contributed by atoms with E-state index in [9.17, 15) is 9.18 Å². The van der Waals surface area contributed by atoms with Gasteiger partial charge in [0.2, 0.25) is 0 Å². The van der Waals surface area contributed by atoms with Gasteiger partial charge in [-0.15, -0.1) is 0 Å². The molecule has 0 radical (unpaired) electrons. The van der Waals surface area contributed by atoms with Gasteiger partial charge in [-0.2, -0.15) is 0 Å². The predicted molar refractivity (Wildman–Crippen MR) is 71.3 cm³/mol. The molecule has 4 nitrogen and oxygen atoms in total. The second-order valence-electron chi connectivity index (χ2n) is 4.87. The third kappa shape index (κ3) is 4.12. The minimum absolute atomic E-state index is 0.0909. The number of nitrogens with one attached hydrogen (secondary N) is 1. The molecule has 0 unspecified atom stereocenters. The molecular weight excluding hydrogens is 247 g/mol. The lowest BCUT2D eigenvalue weighted by Gasteiger charge is -2.22. The van der Waals surface area contributed by atoms with Gasteiger partial charge in [-0.25, -0.2) is 4.39 Å². The van der Waals surface area contributed by atoms with Crippen molar-refractivity contribution in [2.45, 2.75) is 38.1 Å². The van der Waals surface area contributed by atoms with Crippen LogP contribution < -0.4 is 15.8 Å². The first kappa shape index (κ1) is 13.6. The highest BCUT2D eigenvalue weighted by Gasteiger charge is 2.16. The molecule has 2 rings (SSSR count). The molecule has 0 aromatic heterocycles. The maximum atomic E-state index is 12.8. The fourth-order valence-corrected chi connectivity index (χ4v) is 2.31. The van der Waals surface area contributed by atoms with E-state index in [2.05, 4.69) is 5.32 Å². The van der Waals surface area contributed by atoms with E-state index >= 15 is 0 Å². The highest BCUT2D eigenvalue weighted by atomic mass is 19.1. The predicted octanol–water partition coefficient (Wildman–Crippen LogP) is 2.24. The molecule has 5 heteroatoms. The number of hydrogen-bond acceptors (Lipinski definition) is 3. The van der Waals surface area contributed by atoms with Gasteiger partial charge in [0.1, 0.15) is 11.6 Å². The van der Waals surface area contributed by atoms with Gasteiger partial charge in [0.05, 0.1) is 5.69 Å². The van der Waals surface area contributed by atoms with Crippen LogP contribution in [0.15, 0.2) is 18.2 Å². The average Bonchev–Trinajstić information content (AvgIpc) is 2.39. The zero-order chi connectivity index (χ0) is 13.7. The fourth-order valence-electron chi connectivity index (χ4n) is 2.31. The van der Waals surface area contributed by atoms with Crippen LogP contribution in [0.4, 0.5) is 10.1 Å². The number of anilines is 1. The van der Waals surface area contributed by atoms with Crippen LogP contribution >= 0.6 is 0 Å². The molecule has 19 heavy (non-hydrogen) atoms. The van der Waals surface area contributed by atoms with Crippen molar-refractivity contribution < 1.29 is 13.9 Å². The minimum Gasteiger partial charge on any atom is -0.482 e. The molecule has 0 spiro atoms. The number of benzene rings is 1. The number of amides is 1. The maximum Gasteiger partial charge on any atom is 0.258 e. The van der Waals surface area contributed by atoms with Gasteiger partial charge in [0, 0.05) is 12.1 Å². The van der Waals surface area contributed by atoms with E-state index in [4.69, 9.17) is 10.5 Å². The van der Waals surface area contributed by atoms with Gasteiger partial charge < -0.3 is 15.8 Å². The van der Waals surface area contributed by atoms with Crippen LogP contribution in [0.5, 0.6) is 5.75 Å². The van der Waals surface area contributed by atoms with E-state index in [1.54, 1.807) is 0 Å². The smallest absolute Gasteiger partial charge is 0.258 e. The molecule has 1 saturated carbocycles. The summed E-state index contributed by atoms with van der Waals surface area (Å²) in [5.41, 5.74) is 5.79. The van der Waals surface area contributed by atoms with E-state index < -0.39 is 5.82 Å².